The first-order valence-electron chi connectivity index (χ1n) is 9.11. The molecule has 214 valence electrons. The molecule has 24 heteroatoms. The molecule has 39 heavy (non-hydrogen) atoms. The lowest BCUT2D eigenvalue weighted by Gasteiger charge is -2.36. The number of rotatable bonds is 4. The van der Waals surface area contributed by atoms with Gasteiger partial charge in [-0.15, -0.1) is 0 Å². The Morgan fingerprint density at radius 3 is 1.95 bits per heavy atom. The number of pyridine rings is 1. The van der Waals surface area contributed by atoms with Crippen molar-refractivity contribution in [1.82, 2.24) is 24.3 Å². The zero-order valence-electron chi connectivity index (χ0n) is 17.3. The summed E-state index contributed by atoms with van der Waals surface area (Å²) in [5, 5.41) is 26.0. The van der Waals surface area contributed by atoms with Crippen LogP contribution in [0.25, 0.3) is 11.2 Å². The van der Waals surface area contributed by atoms with Crippen LogP contribution in [0, 0.1) is 29.5 Å². The molecular weight excluding hydrogens is 591 g/mol. The number of fused-ring (bicyclic) bond motifs is 1. The van der Waals surface area contributed by atoms with Crippen LogP contribution in [0.15, 0.2) is 4.79 Å². The van der Waals surface area contributed by atoms with Gasteiger partial charge in [0, 0.05) is 5.34 Å². The van der Waals surface area contributed by atoms with Gasteiger partial charge in [-0.2, -0.15) is 45.1 Å². The van der Waals surface area contributed by atoms with Gasteiger partial charge in [-0.05, 0) is 0 Å². The van der Waals surface area contributed by atoms with Gasteiger partial charge >= 0.3 is 35.2 Å². The highest BCUT2D eigenvalue weighted by Crippen LogP contribution is 2.63. The van der Waals surface area contributed by atoms with Gasteiger partial charge in [0.1, 0.15) is 5.69 Å². The van der Waals surface area contributed by atoms with Gasteiger partial charge in [0.2, 0.25) is 11.6 Å². The summed E-state index contributed by atoms with van der Waals surface area (Å²) >= 11 is 0. The smallest absolute Gasteiger partial charge is 0.353 e. The van der Waals surface area contributed by atoms with Crippen LogP contribution >= 0.6 is 0 Å². The third-order valence-corrected chi connectivity index (χ3v) is 5.34. The van der Waals surface area contributed by atoms with Crippen LogP contribution in [0.5, 0.6) is 0 Å². The molecular formula is C15H3F13N6O5. The Labute approximate surface area is 200 Å². The molecule has 3 aromatic rings. The van der Waals surface area contributed by atoms with Crippen molar-refractivity contribution in [2.45, 2.75) is 29.4 Å². The lowest BCUT2D eigenvalue weighted by Crippen LogP contribution is -2.65. The van der Waals surface area contributed by atoms with Crippen LogP contribution in [0.4, 0.5) is 63.3 Å². The van der Waals surface area contributed by atoms with E-state index >= 15 is 8.78 Å². The number of imidazole rings is 1. The Morgan fingerprint density at radius 1 is 0.897 bits per heavy atom. The van der Waals surface area contributed by atoms with Crippen molar-refractivity contribution in [3.8, 4) is 0 Å². The molecule has 0 spiro atoms. The standard InChI is InChI=1S/C15H3F13N6O5/c16-1-2(17)5(30-6(19)3(1)18)11(12(21,36)13(22,37)14(23,39-11)15(24,25)38)32-7-4(29-9(32)20)8(35)33(26)10(31-7)34(27)28/h36-38H/t11-,12+,13+,14+/m1/s1. The summed E-state index contributed by atoms with van der Waals surface area (Å²) in [5.41, 5.74) is -15.4. The van der Waals surface area contributed by atoms with Gasteiger partial charge < -0.3 is 15.3 Å². The van der Waals surface area contributed by atoms with Crippen molar-refractivity contribution in [2.24, 2.45) is 0 Å². The van der Waals surface area contributed by atoms with E-state index in [0.29, 0.717) is 0 Å². The Kier molecular flexibility index (Phi) is 5.71. The van der Waals surface area contributed by atoms with E-state index < -0.39 is 102 Å². The predicted molar refractivity (Wildman–Crippen MR) is 88.3 cm³/mol. The Balaban J connectivity index is 2.33. The fraction of sp³-hybridized carbons (Fsp3) is 0.333. The molecule has 0 saturated carbocycles. The van der Waals surface area contributed by atoms with E-state index in [1.54, 1.807) is 0 Å². The molecule has 0 bridgehead atoms. The number of hydrogen-bond acceptors (Lipinski definition) is 9. The molecule has 3 aromatic heterocycles. The van der Waals surface area contributed by atoms with Crippen LogP contribution in [-0.4, -0.2) is 63.3 Å². The number of halogens is 13. The maximum Gasteiger partial charge on any atom is 0.418 e. The molecule has 1 fully saturated rings. The number of hydrogen-bond donors (Lipinski definition) is 3. The quantitative estimate of drug-likeness (QED) is 0.177. The third-order valence-electron chi connectivity index (χ3n) is 5.34. The van der Waals surface area contributed by atoms with Crippen LogP contribution in [0.3, 0.4) is 0 Å². The van der Waals surface area contributed by atoms with Crippen LogP contribution in [0.2, 0.25) is 0 Å². The van der Waals surface area contributed by atoms with Gasteiger partial charge in [-0.1, -0.05) is 18.2 Å². The van der Waals surface area contributed by atoms with Crippen LogP contribution in [-0.2, 0) is 10.5 Å². The van der Waals surface area contributed by atoms with E-state index in [0.717, 1.165) is 0 Å². The van der Waals surface area contributed by atoms with Crippen LogP contribution in [0.1, 0.15) is 5.69 Å². The minimum atomic E-state index is -6.60. The fourth-order valence-electron chi connectivity index (χ4n) is 3.59. The summed E-state index contributed by atoms with van der Waals surface area (Å²) in [6.45, 7) is 0. The van der Waals surface area contributed by atoms with Crippen molar-refractivity contribution in [1.29, 1.82) is 0 Å². The average Bonchev–Trinajstić information content (AvgIpc) is 3.21. The van der Waals surface area contributed by atoms with Gasteiger partial charge in [0.25, 0.3) is 17.8 Å². The first-order valence-corrected chi connectivity index (χ1v) is 9.11. The largest absolute Gasteiger partial charge is 0.418 e. The lowest BCUT2D eigenvalue weighted by atomic mass is 9.92. The van der Waals surface area contributed by atoms with Crippen molar-refractivity contribution < 1.29 is 77.4 Å². The zero-order chi connectivity index (χ0) is 29.8. The number of ether oxygens (including phenoxy) is 1. The summed E-state index contributed by atoms with van der Waals surface area (Å²) in [7, 11) is 0. The Hall–Kier alpha value is -3.77. The lowest BCUT2D eigenvalue weighted by molar-refractivity contribution is -0.429. The topological polar surface area (TPSA) is 139 Å². The molecule has 0 aromatic carbocycles. The van der Waals surface area contributed by atoms with Gasteiger partial charge in [0.05, 0.1) is 0 Å². The summed E-state index contributed by atoms with van der Waals surface area (Å²) in [4.78, 5) is 17.4. The Bertz CT molecular complexity index is 1590. The molecule has 0 unspecified atom stereocenters. The zero-order valence-corrected chi connectivity index (χ0v) is 17.3. The average molecular weight is 594 g/mol. The van der Waals surface area contributed by atoms with Gasteiger partial charge in [-0.25, -0.2) is 18.3 Å². The third kappa shape index (κ3) is 3.15. The number of alkyl halides is 5. The SMILES string of the molecule is O=c1c2nc(F)n([C@]3(c4nc(F)c(F)c(F)c4F)O[C@](F)(C(O)(F)F)[C@](O)(F)[C@]3(O)F)c2nc(N(F)F)n1F. The number of anilines is 1. The summed E-state index contributed by atoms with van der Waals surface area (Å²) in [6.07, 6.45) is -9.52. The molecule has 0 aliphatic carbocycles. The van der Waals surface area contributed by atoms with E-state index in [1.807, 2.05) is 0 Å². The summed E-state index contributed by atoms with van der Waals surface area (Å²) in [5.74, 6) is -34.3. The minimum Gasteiger partial charge on any atom is -0.353 e. The second kappa shape index (κ2) is 7.89. The molecule has 11 nitrogen and oxygen atoms in total. The molecule has 3 N–H and O–H groups in total. The fourth-order valence-corrected chi connectivity index (χ4v) is 3.59. The highest BCUT2D eigenvalue weighted by atomic mass is 19.4. The van der Waals surface area contributed by atoms with E-state index in [4.69, 9.17) is 5.11 Å². The van der Waals surface area contributed by atoms with Gasteiger partial charge in [0.15, 0.2) is 17.0 Å². The van der Waals surface area contributed by atoms with E-state index in [-0.39, 0.29) is 0 Å². The van der Waals surface area contributed by atoms with Gasteiger partial charge in [-0.3, -0.25) is 9.53 Å². The second-order valence-electron chi connectivity index (χ2n) is 7.44. The van der Waals surface area contributed by atoms with Crippen molar-refractivity contribution in [3.05, 3.63) is 45.5 Å². The molecule has 4 heterocycles. The molecule has 4 rings (SSSR count). The maximum atomic E-state index is 15.7. The van der Waals surface area contributed by atoms with E-state index in [9.17, 15) is 63.6 Å². The Morgan fingerprint density at radius 2 is 1.46 bits per heavy atom. The monoisotopic (exact) mass is 594 g/mol. The summed E-state index contributed by atoms with van der Waals surface area (Å²) in [6, 6.07) is 0. The van der Waals surface area contributed by atoms with Crippen molar-refractivity contribution in [3.63, 3.8) is 0 Å². The molecule has 4 atom stereocenters. The summed E-state index contributed by atoms with van der Waals surface area (Å²) < 4.78 is 186. The molecule has 1 saturated heterocycles. The highest BCUT2D eigenvalue weighted by molar-refractivity contribution is 5.72. The number of aromatic nitrogens is 5. The highest BCUT2D eigenvalue weighted by Gasteiger charge is 2.92. The van der Waals surface area contributed by atoms with Crippen molar-refractivity contribution in [2.75, 3.05) is 5.34 Å². The van der Waals surface area contributed by atoms with E-state index in [1.165, 1.54) is 0 Å². The first-order chi connectivity index (χ1) is 17.6. The minimum absolute atomic E-state index is 1.49. The predicted octanol–water partition coefficient (Wildman–Crippen LogP) is 1.29. The van der Waals surface area contributed by atoms with E-state index in [2.05, 4.69) is 19.7 Å². The number of nitrogens with zero attached hydrogens (tertiary/aromatic N) is 6. The molecule has 0 radical (unpaired) electrons. The molecule has 0 amide bonds. The molecule has 1 aliphatic rings. The van der Waals surface area contributed by atoms with Crippen LogP contribution < -0.4 is 10.9 Å². The maximum absolute atomic E-state index is 15.7. The van der Waals surface area contributed by atoms with Crippen molar-refractivity contribution >= 4 is 17.1 Å². The normalized spacial score (nSPS) is 29.4. The first kappa shape index (κ1) is 28.2. The molecule has 1 aliphatic heterocycles. The second-order valence-corrected chi connectivity index (χ2v) is 7.44. The number of aliphatic hydroxyl groups is 3.